The lowest BCUT2D eigenvalue weighted by molar-refractivity contribution is 0.0953. The average molecular weight is 409 g/mol. The molecule has 1 amide bonds. The van der Waals surface area contributed by atoms with Gasteiger partial charge < -0.3 is 5.32 Å². The van der Waals surface area contributed by atoms with Crippen LogP contribution in [0.4, 0.5) is 0 Å². The molecule has 1 N–H and O–H groups in total. The van der Waals surface area contributed by atoms with Crippen molar-refractivity contribution in [2.75, 3.05) is 6.54 Å². The zero-order valence-corrected chi connectivity index (χ0v) is 17.5. The van der Waals surface area contributed by atoms with Crippen LogP contribution in [0.25, 0.3) is 0 Å². The summed E-state index contributed by atoms with van der Waals surface area (Å²) in [5.74, 6) is -0.310. The maximum Gasteiger partial charge on any atom is 0.251 e. The molecule has 29 heavy (non-hydrogen) atoms. The molecule has 0 saturated heterocycles. The minimum absolute atomic E-state index is 0.0475. The Kier molecular flexibility index (Phi) is 6.13. The molecule has 0 bridgehead atoms. The van der Waals surface area contributed by atoms with Crippen LogP contribution >= 0.6 is 0 Å². The van der Waals surface area contributed by atoms with Gasteiger partial charge in [0.05, 0.1) is 4.90 Å². The highest BCUT2D eigenvalue weighted by Crippen LogP contribution is 2.30. The van der Waals surface area contributed by atoms with E-state index in [1.807, 2.05) is 32.0 Å². The molecule has 6 heteroatoms. The van der Waals surface area contributed by atoms with Gasteiger partial charge in [0.25, 0.3) is 5.91 Å². The molecule has 0 aliphatic carbocycles. The van der Waals surface area contributed by atoms with E-state index < -0.39 is 15.1 Å². The van der Waals surface area contributed by atoms with Gasteiger partial charge in [-0.1, -0.05) is 35.9 Å². The van der Waals surface area contributed by atoms with Crippen LogP contribution in [0.3, 0.4) is 0 Å². The lowest BCUT2D eigenvalue weighted by Crippen LogP contribution is -2.32. The van der Waals surface area contributed by atoms with Gasteiger partial charge in [0, 0.05) is 24.5 Å². The fourth-order valence-electron chi connectivity index (χ4n) is 3.13. The lowest BCUT2D eigenvalue weighted by Gasteiger charge is -2.20. The van der Waals surface area contributed by atoms with Crippen molar-refractivity contribution in [1.29, 1.82) is 0 Å². The van der Waals surface area contributed by atoms with Gasteiger partial charge in [0.15, 0.2) is 9.84 Å². The number of sulfone groups is 1. The van der Waals surface area contributed by atoms with Gasteiger partial charge >= 0.3 is 0 Å². The summed E-state index contributed by atoms with van der Waals surface area (Å²) in [6.45, 7) is 5.53. The Morgan fingerprint density at radius 3 is 2.34 bits per heavy atom. The summed E-state index contributed by atoms with van der Waals surface area (Å²) in [5, 5.41) is 1.84. The van der Waals surface area contributed by atoms with Gasteiger partial charge in [-0.3, -0.25) is 9.78 Å². The highest BCUT2D eigenvalue weighted by Gasteiger charge is 2.31. The molecule has 150 valence electrons. The number of hydrogen-bond acceptors (Lipinski definition) is 4. The van der Waals surface area contributed by atoms with E-state index in [2.05, 4.69) is 10.3 Å². The molecule has 1 heterocycles. The number of pyridine rings is 1. The van der Waals surface area contributed by atoms with E-state index >= 15 is 0 Å². The van der Waals surface area contributed by atoms with Gasteiger partial charge in [-0.25, -0.2) is 8.42 Å². The average Bonchev–Trinajstić information content (AvgIpc) is 2.71. The topological polar surface area (TPSA) is 76.1 Å². The van der Waals surface area contributed by atoms with Gasteiger partial charge in [-0.15, -0.1) is 0 Å². The number of hydrogen-bond donors (Lipinski definition) is 1. The summed E-state index contributed by atoms with van der Waals surface area (Å²) in [6.07, 6.45) is 3.13. The van der Waals surface area contributed by atoms with Crippen LogP contribution in [0.5, 0.6) is 0 Å². The van der Waals surface area contributed by atoms with Crippen LogP contribution in [0.2, 0.25) is 0 Å². The molecule has 1 atom stereocenters. The SMILES string of the molecule is Cc1ccc(C(=O)NC[C@@H](c2cccnc2)S(=O)(=O)c2cc(C)ccc2C)cc1. The van der Waals surface area contributed by atoms with E-state index in [1.165, 1.54) is 6.20 Å². The predicted molar refractivity (Wildman–Crippen MR) is 114 cm³/mol. The first-order chi connectivity index (χ1) is 13.8. The van der Waals surface area contributed by atoms with Crippen molar-refractivity contribution in [3.8, 4) is 0 Å². The normalized spacial score (nSPS) is 12.4. The number of amides is 1. The molecule has 0 aliphatic heterocycles. The number of benzene rings is 2. The van der Waals surface area contributed by atoms with Gasteiger partial charge in [-0.05, 0) is 61.7 Å². The zero-order chi connectivity index (χ0) is 21.0. The summed E-state index contributed by atoms with van der Waals surface area (Å²) >= 11 is 0. The Hall–Kier alpha value is -2.99. The quantitative estimate of drug-likeness (QED) is 0.670. The maximum atomic E-state index is 13.5. The molecule has 3 rings (SSSR count). The minimum atomic E-state index is -3.75. The highest BCUT2D eigenvalue weighted by molar-refractivity contribution is 7.91. The van der Waals surface area contributed by atoms with Crippen LogP contribution in [-0.2, 0) is 9.84 Å². The Bertz CT molecular complexity index is 1110. The zero-order valence-electron chi connectivity index (χ0n) is 16.7. The number of carbonyl (C=O) groups is 1. The van der Waals surface area contributed by atoms with E-state index in [-0.39, 0.29) is 17.3 Å². The Balaban J connectivity index is 1.94. The first-order valence-corrected chi connectivity index (χ1v) is 10.9. The van der Waals surface area contributed by atoms with Crippen LogP contribution in [0, 0.1) is 20.8 Å². The maximum absolute atomic E-state index is 13.5. The summed E-state index contributed by atoms with van der Waals surface area (Å²) < 4.78 is 27.0. The highest BCUT2D eigenvalue weighted by atomic mass is 32.2. The molecule has 0 fully saturated rings. The largest absolute Gasteiger partial charge is 0.350 e. The molecule has 0 unspecified atom stereocenters. The standard InChI is InChI=1S/C23H24N2O3S/c1-16-7-10-19(11-8-16)23(26)25-15-22(20-5-4-12-24-14-20)29(27,28)21-13-17(2)6-9-18(21)3/h4-14,22H,15H2,1-3H3,(H,25,26)/t22-/m0/s1. The second kappa shape index (κ2) is 8.57. The number of nitrogens with zero attached hydrogens (tertiary/aromatic N) is 1. The molecule has 0 aliphatic rings. The van der Waals surface area contributed by atoms with Gasteiger partial charge in [0.2, 0.25) is 0 Å². The molecule has 3 aromatic rings. The Labute approximate surface area is 171 Å². The van der Waals surface area contributed by atoms with Gasteiger partial charge in [-0.2, -0.15) is 0 Å². The van der Waals surface area contributed by atoms with Crippen molar-refractivity contribution in [3.05, 3.63) is 94.8 Å². The molecule has 0 saturated carbocycles. The van der Waals surface area contributed by atoms with E-state index in [9.17, 15) is 13.2 Å². The monoisotopic (exact) mass is 408 g/mol. The number of rotatable bonds is 6. The van der Waals surface area contributed by atoms with Crippen molar-refractivity contribution < 1.29 is 13.2 Å². The van der Waals surface area contributed by atoms with E-state index in [4.69, 9.17) is 0 Å². The van der Waals surface area contributed by atoms with Crippen LogP contribution in [0.15, 0.2) is 71.9 Å². The molecule has 1 aromatic heterocycles. The van der Waals surface area contributed by atoms with Crippen LogP contribution < -0.4 is 5.32 Å². The summed E-state index contributed by atoms with van der Waals surface area (Å²) in [7, 11) is -3.75. The van der Waals surface area contributed by atoms with Crippen molar-refractivity contribution in [2.24, 2.45) is 0 Å². The second-order valence-corrected chi connectivity index (χ2v) is 9.26. The van der Waals surface area contributed by atoms with Crippen molar-refractivity contribution in [1.82, 2.24) is 10.3 Å². The third-order valence-corrected chi connectivity index (χ3v) is 7.08. The smallest absolute Gasteiger partial charge is 0.251 e. The molecule has 5 nitrogen and oxygen atoms in total. The number of carbonyl (C=O) groups excluding carboxylic acids is 1. The molecular formula is C23H24N2O3S. The predicted octanol–water partition coefficient (Wildman–Crippen LogP) is 3.95. The summed E-state index contributed by atoms with van der Waals surface area (Å²) in [6, 6.07) is 15.9. The van der Waals surface area contributed by atoms with Crippen molar-refractivity contribution in [3.63, 3.8) is 0 Å². The third kappa shape index (κ3) is 4.71. The fourth-order valence-corrected chi connectivity index (χ4v) is 5.11. The number of aromatic nitrogens is 1. The molecular weight excluding hydrogens is 384 g/mol. The summed E-state index contributed by atoms with van der Waals surface area (Å²) in [5.41, 5.74) is 3.62. The molecule has 2 aromatic carbocycles. The fraction of sp³-hybridized carbons (Fsp3) is 0.217. The van der Waals surface area contributed by atoms with Crippen molar-refractivity contribution >= 4 is 15.7 Å². The Morgan fingerprint density at radius 1 is 1.00 bits per heavy atom. The van der Waals surface area contributed by atoms with Gasteiger partial charge in [0.1, 0.15) is 5.25 Å². The number of aryl methyl sites for hydroxylation is 3. The third-order valence-electron chi connectivity index (χ3n) is 4.84. The van der Waals surface area contributed by atoms with Crippen molar-refractivity contribution in [2.45, 2.75) is 30.9 Å². The minimum Gasteiger partial charge on any atom is -0.350 e. The van der Waals surface area contributed by atoms with Crippen LogP contribution in [0.1, 0.15) is 37.9 Å². The summed E-state index contributed by atoms with van der Waals surface area (Å²) in [4.78, 5) is 16.9. The Morgan fingerprint density at radius 2 is 1.69 bits per heavy atom. The number of nitrogens with one attached hydrogen (secondary N) is 1. The first kappa shape index (κ1) is 20.7. The van der Waals surface area contributed by atoms with E-state index in [1.54, 1.807) is 49.5 Å². The molecule has 0 radical (unpaired) electrons. The van der Waals surface area contributed by atoms with E-state index in [0.717, 1.165) is 11.1 Å². The second-order valence-electron chi connectivity index (χ2n) is 7.17. The lowest BCUT2D eigenvalue weighted by atomic mass is 10.1. The molecule has 0 spiro atoms. The first-order valence-electron chi connectivity index (χ1n) is 9.35. The van der Waals surface area contributed by atoms with Crippen LogP contribution in [-0.4, -0.2) is 25.9 Å². The van der Waals surface area contributed by atoms with E-state index in [0.29, 0.717) is 16.7 Å².